The highest BCUT2D eigenvalue weighted by Crippen LogP contribution is 2.34. The van der Waals surface area contributed by atoms with E-state index in [1.54, 1.807) is 33.3 Å². The molecule has 0 radical (unpaired) electrons. The summed E-state index contributed by atoms with van der Waals surface area (Å²) < 4.78 is 31.8. The number of rotatable bonds is 8. The van der Waals surface area contributed by atoms with Gasteiger partial charge in [-0.05, 0) is 29.8 Å². The van der Waals surface area contributed by atoms with E-state index in [9.17, 15) is 4.79 Å². The summed E-state index contributed by atoms with van der Waals surface area (Å²) >= 11 is 0. The van der Waals surface area contributed by atoms with Gasteiger partial charge in [-0.25, -0.2) is 9.18 Å². The Hall–Kier alpha value is -4.13. The monoisotopic (exact) mass is 460 g/mol. The van der Waals surface area contributed by atoms with Crippen LogP contribution in [0.1, 0.15) is 22.8 Å². The zero-order valence-electron chi connectivity index (χ0n) is 19.2. The van der Waals surface area contributed by atoms with E-state index in [-0.39, 0.29) is 30.1 Å². The van der Waals surface area contributed by atoms with E-state index in [0.717, 1.165) is 16.3 Å². The number of carbonyl (C=O) groups excluding carboxylic acids is 1. The summed E-state index contributed by atoms with van der Waals surface area (Å²) in [4.78, 5) is 16.9. The number of hydrogen-bond donors (Lipinski definition) is 1. The average Bonchev–Trinajstić information content (AvgIpc) is 2.87. The molecule has 4 aromatic rings. The van der Waals surface area contributed by atoms with Crippen LogP contribution in [-0.2, 0) is 11.3 Å². The van der Waals surface area contributed by atoms with Crippen LogP contribution in [0.2, 0.25) is 0 Å². The van der Waals surface area contributed by atoms with E-state index in [1.807, 2.05) is 48.5 Å². The molecule has 0 spiro atoms. The summed E-state index contributed by atoms with van der Waals surface area (Å²) in [7, 11) is 3.12. The molecule has 0 fully saturated rings. The number of hydrogen-bond acceptors (Lipinski definition) is 6. The summed E-state index contributed by atoms with van der Waals surface area (Å²) in [5.41, 5.74) is 1.59. The maximum atomic E-state index is 16.0. The van der Waals surface area contributed by atoms with Crippen molar-refractivity contribution in [2.45, 2.75) is 13.5 Å². The largest absolute Gasteiger partial charge is 0.497 e. The van der Waals surface area contributed by atoms with Crippen molar-refractivity contribution in [1.82, 2.24) is 4.98 Å². The fraction of sp³-hybridized carbons (Fsp3) is 0.185. The highest BCUT2D eigenvalue weighted by molar-refractivity contribution is 5.99. The summed E-state index contributed by atoms with van der Waals surface area (Å²) in [5, 5.41) is 4.90. The number of carbonyl (C=O) groups is 1. The lowest BCUT2D eigenvalue weighted by Gasteiger charge is -2.17. The van der Waals surface area contributed by atoms with Crippen LogP contribution >= 0.6 is 0 Å². The Kier molecular flexibility index (Phi) is 6.92. The molecular weight excluding hydrogens is 435 g/mol. The van der Waals surface area contributed by atoms with Crippen LogP contribution in [0.3, 0.4) is 0 Å². The van der Waals surface area contributed by atoms with Gasteiger partial charge >= 0.3 is 5.97 Å². The first-order valence-corrected chi connectivity index (χ1v) is 10.9. The van der Waals surface area contributed by atoms with Crippen LogP contribution in [0.25, 0.3) is 22.0 Å². The fourth-order valence-corrected chi connectivity index (χ4v) is 3.82. The number of fused-ring (bicyclic) bond motifs is 1. The molecule has 7 heteroatoms. The van der Waals surface area contributed by atoms with Crippen molar-refractivity contribution in [3.8, 4) is 22.8 Å². The van der Waals surface area contributed by atoms with Gasteiger partial charge in [0.15, 0.2) is 5.82 Å². The zero-order chi connectivity index (χ0) is 24.1. The number of nitrogens with one attached hydrogen (secondary N) is 1. The predicted molar refractivity (Wildman–Crippen MR) is 130 cm³/mol. The van der Waals surface area contributed by atoms with Gasteiger partial charge in [0, 0.05) is 29.9 Å². The summed E-state index contributed by atoms with van der Waals surface area (Å²) in [6.07, 6.45) is 1.35. The molecule has 1 N–H and O–H groups in total. The standard InChI is InChI=1S/C27H25FN2O4/c1-4-34-27(31)22-16-30-25(21-11-7-9-17-8-5-6-10-20(17)21)24(28)26(22)29-15-18-12-13-19(32-2)14-23(18)33-3/h5-14,16H,4,15H2,1-3H3,(H,29,30). The second-order valence-corrected chi connectivity index (χ2v) is 7.49. The normalized spacial score (nSPS) is 10.7. The first-order valence-electron chi connectivity index (χ1n) is 10.9. The summed E-state index contributed by atoms with van der Waals surface area (Å²) in [6.45, 7) is 2.06. The number of esters is 1. The molecule has 0 unspecified atom stereocenters. The molecule has 0 bridgehead atoms. The van der Waals surface area contributed by atoms with E-state index in [2.05, 4.69) is 10.3 Å². The van der Waals surface area contributed by atoms with Gasteiger partial charge in [0.05, 0.1) is 26.5 Å². The molecule has 1 heterocycles. The third-order valence-electron chi connectivity index (χ3n) is 5.51. The van der Waals surface area contributed by atoms with Crippen LogP contribution in [0.4, 0.5) is 10.1 Å². The van der Waals surface area contributed by atoms with Crippen molar-refractivity contribution < 1.29 is 23.4 Å². The molecule has 0 saturated carbocycles. The maximum absolute atomic E-state index is 16.0. The first-order chi connectivity index (χ1) is 16.6. The van der Waals surface area contributed by atoms with Crippen molar-refractivity contribution in [3.63, 3.8) is 0 Å². The lowest BCUT2D eigenvalue weighted by molar-refractivity contribution is 0.0526. The predicted octanol–water partition coefficient (Wildman–Crippen LogP) is 5.85. The van der Waals surface area contributed by atoms with E-state index in [1.165, 1.54) is 6.20 Å². The van der Waals surface area contributed by atoms with Gasteiger partial charge in [0.25, 0.3) is 0 Å². The van der Waals surface area contributed by atoms with Gasteiger partial charge in [0.2, 0.25) is 0 Å². The number of methoxy groups -OCH3 is 2. The van der Waals surface area contributed by atoms with Gasteiger partial charge in [0.1, 0.15) is 22.8 Å². The maximum Gasteiger partial charge on any atom is 0.341 e. The zero-order valence-corrected chi connectivity index (χ0v) is 19.2. The molecule has 0 atom stereocenters. The summed E-state index contributed by atoms with van der Waals surface area (Å²) in [6, 6.07) is 18.7. The SMILES string of the molecule is CCOC(=O)c1cnc(-c2cccc3ccccc23)c(F)c1NCc1ccc(OC)cc1OC. The lowest BCUT2D eigenvalue weighted by atomic mass is 10.0. The number of aromatic nitrogens is 1. The Morgan fingerprint density at radius 2 is 1.82 bits per heavy atom. The Balaban J connectivity index is 1.79. The van der Waals surface area contributed by atoms with Crippen molar-refractivity contribution in [2.75, 3.05) is 26.1 Å². The van der Waals surface area contributed by atoms with E-state index >= 15 is 4.39 Å². The quantitative estimate of drug-likeness (QED) is 0.333. The molecule has 0 aliphatic rings. The van der Waals surface area contributed by atoms with Crippen LogP contribution in [0, 0.1) is 5.82 Å². The molecule has 1 aromatic heterocycles. The Morgan fingerprint density at radius 1 is 1.03 bits per heavy atom. The number of nitrogens with zero attached hydrogens (tertiary/aromatic N) is 1. The van der Waals surface area contributed by atoms with Crippen molar-refractivity contribution >= 4 is 22.4 Å². The third-order valence-corrected chi connectivity index (χ3v) is 5.51. The van der Waals surface area contributed by atoms with Crippen LogP contribution in [0.15, 0.2) is 66.9 Å². The number of ether oxygens (including phenoxy) is 3. The number of halogens is 1. The van der Waals surface area contributed by atoms with E-state index < -0.39 is 11.8 Å². The molecule has 0 saturated heterocycles. The first kappa shape index (κ1) is 23.0. The Morgan fingerprint density at radius 3 is 2.59 bits per heavy atom. The minimum atomic E-state index is -0.650. The van der Waals surface area contributed by atoms with Crippen LogP contribution in [0.5, 0.6) is 11.5 Å². The highest BCUT2D eigenvalue weighted by atomic mass is 19.1. The average molecular weight is 461 g/mol. The number of anilines is 1. The fourth-order valence-electron chi connectivity index (χ4n) is 3.82. The van der Waals surface area contributed by atoms with Gasteiger partial charge in [-0.1, -0.05) is 42.5 Å². The topological polar surface area (TPSA) is 69.7 Å². The van der Waals surface area contributed by atoms with Gasteiger partial charge in [-0.15, -0.1) is 0 Å². The van der Waals surface area contributed by atoms with Crippen molar-refractivity contribution in [3.05, 3.63) is 83.8 Å². The molecule has 3 aromatic carbocycles. The second kappa shape index (κ2) is 10.2. The van der Waals surface area contributed by atoms with Gasteiger partial charge in [-0.3, -0.25) is 4.98 Å². The molecule has 6 nitrogen and oxygen atoms in total. The molecule has 4 rings (SSSR count). The minimum absolute atomic E-state index is 0.0225. The van der Waals surface area contributed by atoms with Crippen LogP contribution in [-0.4, -0.2) is 31.8 Å². The molecule has 34 heavy (non-hydrogen) atoms. The summed E-state index contributed by atoms with van der Waals surface area (Å²) in [5.74, 6) is -0.0635. The Labute approximate surface area is 197 Å². The minimum Gasteiger partial charge on any atom is -0.497 e. The smallest absolute Gasteiger partial charge is 0.341 e. The van der Waals surface area contributed by atoms with E-state index in [4.69, 9.17) is 14.2 Å². The third kappa shape index (κ3) is 4.50. The van der Waals surface area contributed by atoms with Gasteiger partial charge < -0.3 is 19.5 Å². The number of pyridine rings is 1. The van der Waals surface area contributed by atoms with Crippen molar-refractivity contribution in [1.29, 1.82) is 0 Å². The second-order valence-electron chi connectivity index (χ2n) is 7.49. The number of benzene rings is 3. The molecular formula is C27H25FN2O4. The molecule has 0 aliphatic heterocycles. The van der Waals surface area contributed by atoms with E-state index in [0.29, 0.717) is 17.1 Å². The molecule has 174 valence electrons. The molecule has 0 aliphatic carbocycles. The van der Waals surface area contributed by atoms with Crippen LogP contribution < -0.4 is 14.8 Å². The Bertz CT molecular complexity index is 1330. The molecule has 0 amide bonds. The van der Waals surface area contributed by atoms with Gasteiger partial charge in [-0.2, -0.15) is 0 Å². The lowest BCUT2D eigenvalue weighted by Crippen LogP contribution is -2.13. The highest BCUT2D eigenvalue weighted by Gasteiger charge is 2.23. The van der Waals surface area contributed by atoms with Crippen molar-refractivity contribution in [2.24, 2.45) is 0 Å².